The van der Waals surface area contributed by atoms with Gasteiger partial charge in [0.15, 0.2) is 0 Å². The Kier molecular flexibility index (Phi) is 6.22. The van der Waals surface area contributed by atoms with Crippen molar-refractivity contribution in [1.29, 1.82) is 10.5 Å². The molecule has 0 fully saturated rings. The summed E-state index contributed by atoms with van der Waals surface area (Å²) in [7, 11) is 0. The highest BCUT2D eigenvalue weighted by molar-refractivity contribution is 6.11. The Morgan fingerprint density at radius 3 is 1.46 bits per heavy atom. The molecule has 222 valence electrons. The summed E-state index contributed by atoms with van der Waals surface area (Å²) in [5, 5.41) is 24.9. The molecule has 0 amide bonds. The van der Waals surface area contributed by atoms with E-state index in [1.54, 1.807) is 0 Å². The third kappa shape index (κ3) is 4.07. The molecule has 0 unspecified atom stereocenters. The fourth-order valence-corrected chi connectivity index (χ4v) is 7.31. The molecule has 0 atom stereocenters. The first-order valence-electron chi connectivity index (χ1n) is 15.9. The first-order chi connectivity index (χ1) is 23.7. The molecule has 0 aliphatic rings. The van der Waals surface area contributed by atoms with Crippen molar-refractivity contribution in [2.75, 3.05) is 0 Å². The zero-order chi connectivity index (χ0) is 32.2. The zero-order valence-electron chi connectivity index (χ0n) is 25.8. The summed E-state index contributed by atoms with van der Waals surface area (Å²) in [5.74, 6) is 0. The molecule has 2 heterocycles. The normalized spacial score (nSPS) is 11.3. The van der Waals surface area contributed by atoms with Crippen LogP contribution >= 0.6 is 0 Å². The van der Waals surface area contributed by atoms with E-state index in [0.29, 0.717) is 11.1 Å². The van der Waals surface area contributed by atoms with Crippen LogP contribution in [0.2, 0.25) is 0 Å². The maximum absolute atomic E-state index is 10.6. The van der Waals surface area contributed by atoms with Gasteiger partial charge in [-0.25, -0.2) is 0 Å². The monoisotopic (exact) mass is 610 g/mol. The molecule has 0 aliphatic carbocycles. The smallest absolute Gasteiger partial charge is 0.102 e. The quantitative estimate of drug-likeness (QED) is 0.199. The second-order valence-corrected chi connectivity index (χ2v) is 12.0. The van der Waals surface area contributed by atoms with E-state index in [1.165, 1.54) is 0 Å². The summed E-state index contributed by atoms with van der Waals surface area (Å²) >= 11 is 0. The average Bonchev–Trinajstić information content (AvgIpc) is 3.67. The largest absolute Gasteiger partial charge is 0.309 e. The summed E-state index contributed by atoms with van der Waals surface area (Å²) in [6.45, 7) is 0. The minimum atomic E-state index is 0.629. The average molecular weight is 611 g/mol. The molecular formula is C44H26N4. The van der Waals surface area contributed by atoms with Crippen LogP contribution in [-0.2, 0) is 0 Å². The van der Waals surface area contributed by atoms with E-state index < -0.39 is 0 Å². The number of para-hydroxylation sites is 4. The van der Waals surface area contributed by atoms with Gasteiger partial charge in [-0.1, -0.05) is 115 Å². The van der Waals surface area contributed by atoms with Gasteiger partial charge in [-0.3, -0.25) is 0 Å². The van der Waals surface area contributed by atoms with Crippen molar-refractivity contribution in [2.24, 2.45) is 0 Å². The fourth-order valence-electron chi connectivity index (χ4n) is 7.31. The lowest BCUT2D eigenvalue weighted by molar-refractivity contribution is 1.17. The number of aromatic nitrogens is 2. The van der Waals surface area contributed by atoms with Crippen molar-refractivity contribution >= 4 is 43.6 Å². The van der Waals surface area contributed by atoms with Crippen LogP contribution in [0.5, 0.6) is 0 Å². The molecule has 0 spiro atoms. The SMILES string of the molecule is N#Cc1ccc2c3ccccc3n(-c3ccccc3-c3ccc(-c4cccc(-n5c6ccccc6c6ccccc65)c4C#N)cc3)c2c1. The van der Waals surface area contributed by atoms with Gasteiger partial charge in [0.05, 0.1) is 50.6 Å². The van der Waals surface area contributed by atoms with Crippen LogP contribution in [0.1, 0.15) is 11.1 Å². The van der Waals surface area contributed by atoms with Crippen molar-refractivity contribution in [3.05, 3.63) is 169 Å². The first kappa shape index (κ1) is 27.4. The van der Waals surface area contributed by atoms with Gasteiger partial charge in [0.25, 0.3) is 0 Å². The van der Waals surface area contributed by atoms with Crippen molar-refractivity contribution in [3.63, 3.8) is 0 Å². The molecule has 9 aromatic rings. The lowest BCUT2D eigenvalue weighted by Crippen LogP contribution is -1.99. The molecule has 0 saturated heterocycles. The Hall–Kier alpha value is -6.88. The molecule has 0 bridgehead atoms. The fraction of sp³-hybridized carbons (Fsp3) is 0. The highest BCUT2D eigenvalue weighted by Gasteiger charge is 2.19. The number of benzene rings is 7. The highest BCUT2D eigenvalue weighted by Crippen LogP contribution is 2.39. The summed E-state index contributed by atoms with van der Waals surface area (Å²) in [6.07, 6.45) is 0. The van der Waals surface area contributed by atoms with Crippen LogP contribution in [0.3, 0.4) is 0 Å². The minimum Gasteiger partial charge on any atom is -0.309 e. The van der Waals surface area contributed by atoms with E-state index >= 15 is 0 Å². The Bertz CT molecular complexity index is 2750. The predicted octanol–water partition coefficient (Wildman–Crippen LogP) is 11.0. The Labute approximate surface area is 277 Å². The molecule has 0 saturated carbocycles. The molecule has 0 aliphatic heterocycles. The van der Waals surface area contributed by atoms with Gasteiger partial charge in [0.2, 0.25) is 0 Å². The lowest BCUT2D eigenvalue weighted by Gasteiger charge is -2.15. The van der Waals surface area contributed by atoms with Crippen LogP contribution in [0, 0.1) is 22.7 Å². The number of hydrogen-bond donors (Lipinski definition) is 0. The highest BCUT2D eigenvalue weighted by atomic mass is 15.0. The van der Waals surface area contributed by atoms with E-state index in [4.69, 9.17) is 0 Å². The predicted molar refractivity (Wildman–Crippen MR) is 195 cm³/mol. The summed E-state index contributed by atoms with van der Waals surface area (Å²) in [4.78, 5) is 0. The Morgan fingerprint density at radius 2 is 0.854 bits per heavy atom. The Balaban J connectivity index is 1.19. The van der Waals surface area contributed by atoms with Crippen molar-refractivity contribution in [1.82, 2.24) is 9.13 Å². The van der Waals surface area contributed by atoms with Crippen LogP contribution in [0.4, 0.5) is 0 Å². The van der Waals surface area contributed by atoms with E-state index in [1.807, 2.05) is 48.5 Å². The van der Waals surface area contributed by atoms with Gasteiger partial charge in [0, 0.05) is 32.7 Å². The van der Waals surface area contributed by atoms with Gasteiger partial charge in [-0.2, -0.15) is 10.5 Å². The second kappa shape index (κ2) is 10.9. The topological polar surface area (TPSA) is 57.4 Å². The number of nitrogens with zero attached hydrogens (tertiary/aromatic N) is 4. The van der Waals surface area contributed by atoms with E-state index in [-0.39, 0.29) is 0 Å². The van der Waals surface area contributed by atoms with Crippen LogP contribution in [-0.4, -0.2) is 9.13 Å². The van der Waals surface area contributed by atoms with Gasteiger partial charge < -0.3 is 9.13 Å². The maximum Gasteiger partial charge on any atom is 0.102 e. The molecule has 7 aromatic carbocycles. The van der Waals surface area contributed by atoms with Gasteiger partial charge in [0.1, 0.15) is 6.07 Å². The first-order valence-corrected chi connectivity index (χ1v) is 15.9. The molecule has 0 N–H and O–H groups in total. The number of fused-ring (bicyclic) bond motifs is 6. The molecule has 4 nitrogen and oxygen atoms in total. The summed E-state index contributed by atoms with van der Waals surface area (Å²) in [6, 6.07) is 58.9. The molecule has 48 heavy (non-hydrogen) atoms. The van der Waals surface area contributed by atoms with Crippen LogP contribution in [0.25, 0.3) is 77.2 Å². The Morgan fingerprint density at radius 1 is 0.375 bits per heavy atom. The van der Waals surface area contributed by atoms with Gasteiger partial charge in [-0.05, 0) is 53.6 Å². The van der Waals surface area contributed by atoms with Gasteiger partial charge in [-0.15, -0.1) is 0 Å². The van der Waals surface area contributed by atoms with Crippen molar-refractivity contribution in [3.8, 4) is 45.8 Å². The van der Waals surface area contributed by atoms with E-state index in [0.717, 1.165) is 77.2 Å². The van der Waals surface area contributed by atoms with Crippen LogP contribution in [0.15, 0.2) is 158 Å². The molecular weight excluding hydrogens is 585 g/mol. The number of nitriles is 2. The molecule has 2 aromatic heterocycles. The second-order valence-electron chi connectivity index (χ2n) is 12.0. The van der Waals surface area contributed by atoms with Crippen molar-refractivity contribution < 1.29 is 0 Å². The van der Waals surface area contributed by atoms with E-state index in [9.17, 15) is 10.5 Å². The molecule has 4 heteroatoms. The lowest BCUT2D eigenvalue weighted by atomic mass is 9.95. The molecule has 9 rings (SSSR count). The third-order valence-corrected chi connectivity index (χ3v) is 9.43. The maximum atomic E-state index is 10.6. The third-order valence-electron chi connectivity index (χ3n) is 9.43. The minimum absolute atomic E-state index is 0.629. The number of hydrogen-bond acceptors (Lipinski definition) is 2. The zero-order valence-corrected chi connectivity index (χ0v) is 25.8. The standard InChI is InChI=1S/C44H26N4/c45-27-29-20-25-37-36-13-4-8-18-42(36)48(44(37)26-29)39-15-5-1-10-33(39)31-23-21-30(22-24-31)32-14-9-19-43(38(32)28-46)47-40-16-6-2-11-34(40)35-12-3-7-17-41(35)47/h1-26H. The summed E-state index contributed by atoms with van der Waals surface area (Å²) in [5.41, 5.74) is 11.4. The van der Waals surface area contributed by atoms with Gasteiger partial charge >= 0.3 is 0 Å². The number of rotatable bonds is 4. The van der Waals surface area contributed by atoms with Crippen molar-refractivity contribution in [2.45, 2.75) is 0 Å². The summed E-state index contributed by atoms with van der Waals surface area (Å²) < 4.78 is 4.47. The molecule has 0 radical (unpaired) electrons. The van der Waals surface area contributed by atoms with E-state index in [2.05, 4.69) is 130 Å². The van der Waals surface area contributed by atoms with Crippen LogP contribution < -0.4 is 0 Å².